The highest BCUT2D eigenvalue weighted by Gasteiger charge is 2.25. The molecule has 3 rings (SSSR count). The van der Waals surface area contributed by atoms with Crippen molar-refractivity contribution in [1.29, 1.82) is 0 Å². The summed E-state index contributed by atoms with van der Waals surface area (Å²) in [5, 5.41) is 7.59. The molecule has 0 aromatic carbocycles. The Balaban J connectivity index is 1.66. The molecule has 1 saturated carbocycles. The second-order valence-corrected chi connectivity index (χ2v) is 5.72. The fourth-order valence-electron chi connectivity index (χ4n) is 3.16. The van der Waals surface area contributed by atoms with E-state index < -0.39 is 0 Å². The Hall–Kier alpha value is -0.900. The molecule has 2 aliphatic rings. The van der Waals surface area contributed by atoms with Gasteiger partial charge in [-0.25, -0.2) is 0 Å². The Morgan fingerprint density at radius 3 is 2.44 bits per heavy atom. The molecule has 4 nitrogen and oxygen atoms in total. The molecular weight excluding hydrogens is 226 g/mol. The number of rotatable bonds is 2. The van der Waals surface area contributed by atoms with Gasteiger partial charge in [0.25, 0.3) is 0 Å². The van der Waals surface area contributed by atoms with Gasteiger partial charge in [-0.1, -0.05) is 37.3 Å². The number of nitrogens with zero attached hydrogens (tertiary/aromatic N) is 2. The summed E-state index contributed by atoms with van der Waals surface area (Å²) in [5.74, 6) is 2.81. The predicted octanol–water partition coefficient (Wildman–Crippen LogP) is 2.97. The van der Waals surface area contributed by atoms with Gasteiger partial charge in [0, 0.05) is 12.5 Å². The predicted molar refractivity (Wildman–Crippen MR) is 69.6 cm³/mol. The van der Waals surface area contributed by atoms with Gasteiger partial charge in [-0.05, 0) is 25.8 Å². The zero-order valence-electron chi connectivity index (χ0n) is 11.0. The minimum atomic E-state index is 0.444. The van der Waals surface area contributed by atoms with E-state index in [0.29, 0.717) is 11.8 Å². The summed E-state index contributed by atoms with van der Waals surface area (Å²) in [6.07, 6.45) is 10.4. The Morgan fingerprint density at radius 1 is 0.944 bits per heavy atom. The Morgan fingerprint density at radius 2 is 1.72 bits per heavy atom. The summed E-state index contributed by atoms with van der Waals surface area (Å²) >= 11 is 0. The fourth-order valence-corrected chi connectivity index (χ4v) is 3.16. The van der Waals surface area contributed by atoms with E-state index >= 15 is 0 Å². The summed E-state index contributed by atoms with van der Waals surface area (Å²) in [6, 6.07) is 0. The van der Waals surface area contributed by atoms with Gasteiger partial charge in [0.15, 0.2) is 5.82 Å². The first-order valence-corrected chi connectivity index (χ1v) is 7.47. The summed E-state index contributed by atoms with van der Waals surface area (Å²) in [5.41, 5.74) is 0. The standard InChI is InChI=1S/C14H23N3O/c1-2-4-6-11(7-5-3-1)13-16-14(18-17-13)12-8-9-15-10-12/h11-12,15H,1-10H2. The van der Waals surface area contributed by atoms with E-state index in [9.17, 15) is 0 Å². The molecule has 1 aromatic heterocycles. The topological polar surface area (TPSA) is 51.0 Å². The molecule has 0 radical (unpaired) electrons. The third kappa shape index (κ3) is 2.74. The molecule has 2 heterocycles. The highest BCUT2D eigenvalue weighted by atomic mass is 16.5. The molecule has 0 spiro atoms. The van der Waals surface area contributed by atoms with Crippen molar-refractivity contribution in [2.24, 2.45) is 0 Å². The number of aromatic nitrogens is 2. The summed E-state index contributed by atoms with van der Waals surface area (Å²) in [6.45, 7) is 2.07. The summed E-state index contributed by atoms with van der Waals surface area (Å²) in [7, 11) is 0. The molecule has 18 heavy (non-hydrogen) atoms. The Bertz CT molecular complexity index is 363. The smallest absolute Gasteiger partial charge is 0.231 e. The molecule has 1 saturated heterocycles. The Kier molecular flexibility index (Phi) is 3.93. The van der Waals surface area contributed by atoms with E-state index in [0.717, 1.165) is 31.2 Å². The molecule has 1 N–H and O–H groups in total. The van der Waals surface area contributed by atoms with E-state index in [4.69, 9.17) is 4.52 Å². The SMILES string of the molecule is C1CCCC(c2noc(C3CCNC3)n2)CCC1. The molecule has 4 heteroatoms. The molecule has 0 bridgehead atoms. The van der Waals surface area contributed by atoms with Crippen molar-refractivity contribution >= 4 is 0 Å². The minimum Gasteiger partial charge on any atom is -0.339 e. The fraction of sp³-hybridized carbons (Fsp3) is 0.857. The summed E-state index contributed by atoms with van der Waals surface area (Å²) in [4.78, 5) is 4.67. The van der Waals surface area contributed by atoms with Crippen molar-refractivity contribution in [3.8, 4) is 0 Å². The van der Waals surface area contributed by atoms with Crippen LogP contribution in [0.4, 0.5) is 0 Å². The van der Waals surface area contributed by atoms with Crippen LogP contribution in [0.2, 0.25) is 0 Å². The Labute approximate surface area is 109 Å². The van der Waals surface area contributed by atoms with Crippen LogP contribution < -0.4 is 5.32 Å². The lowest BCUT2D eigenvalue weighted by molar-refractivity contribution is 0.346. The highest BCUT2D eigenvalue weighted by Crippen LogP contribution is 2.30. The molecule has 0 amide bonds. The maximum absolute atomic E-state index is 5.47. The van der Waals surface area contributed by atoms with Crippen molar-refractivity contribution in [3.05, 3.63) is 11.7 Å². The van der Waals surface area contributed by atoms with Gasteiger partial charge in [-0.15, -0.1) is 0 Å². The van der Waals surface area contributed by atoms with Crippen LogP contribution in [0.3, 0.4) is 0 Å². The van der Waals surface area contributed by atoms with Gasteiger partial charge in [0.2, 0.25) is 5.89 Å². The van der Waals surface area contributed by atoms with Crippen molar-refractivity contribution in [2.75, 3.05) is 13.1 Å². The molecule has 1 atom stereocenters. The zero-order valence-corrected chi connectivity index (χ0v) is 11.0. The molecule has 1 aromatic rings. The largest absolute Gasteiger partial charge is 0.339 e. The van der Waals surface area contributed by atoms with E-state index in [1.807, 2.05) is 0 Å². The van der Waals surface area contributed by atoms with Crippen molar-refractivity contribution < 1.29 is 4.52 Å². The van der Waals surface area contributed by atoms with Crippen LogP contribution in [0.5, 0.6) is 0 Å². The van der Waals surface area contributed by atoms with E-state index in [1.54, 1.807) is 0 Å². The van der Waals surface area contributed by atoms with E-state index in [-0.39, 0.29) is 0 Å². The van der Waals surface area contributed by atoms with Crippen LogP contribution >= 0.6 is 0 Å². The number of nitrogens with one attached hydrogen (secondary N) is 1. The minimum absolute atomic E-state index is 0.444. The lowest BCUT2D eigenvalue weighted by atomic mass is 9.91. The first kappa shape index (κ1) is 12.2. The van der Waals surface area contributed by atoms with Gasteiger partial charge < -0.3 is 9.84 Å². The molecule has 2 fully saturated rings. The second-order valence-electron chi connectivity index (χ2n) is 5.72. The third-order valence-corrected chi connectivity index (χ3v) is 4.34. The molecule has 1 unspecified atom stereocenters. The van der Waals surface area contributed by atoms with Crippen LogP contribution in [-0.4, -0.2) is 23.2 Å². The highest BCUT2D eigenvalue weighted by molar-refractivity contribution is 5.01. The van der Waals surface area contributed by atoms with Crippen LogP contribution in [-0.2, 0) is 0 Å². The number of hydrogen-bond acceptors (Lipinski definition) is 4. The normalized spacial score (nSPS) is 27.0. The third-order valence-electron chi connectivity index (χ3n) is 4.34. The van der Waals surface area contributed by atoms with E-state index in [2.05, 4.69) is 15.5 Å². The second kappa shape index (κ2) is 5.83. The quantitative estimate of drug-likeness (QED) is 0.875. The van der Waals surface area contributed by atoms with Gasteiger partial charge in [-0.3, -0.25) is 0 Å². The van der Waals surface area contributed by atoms with Crippen molar-refractivity contribution in [1.82, 2.24) is 15.5 Å². The van der Waals surface area contributed by atoms with Crippen LogP contribution in [0.1, 0.15) is 74.9 Å². The van der Waals surface area contributed by atoms with Crippen LogP contribution in [0, 0.1) is 0 Å². The van der Waals surface area contributed by atoms with Gasteiger partial charge in [0.05, 0.1) is 5.92 Å². The van der Waals surface area contributed by atoms with Crippen molar-refractivity contribution in [2.45, 2.75) is 63.2 Å². The average Bonchev–Trinajstić information content (AvgIpc) is 2.98. The van der Waals surface area contributed by atoms with Crippen LogP contribution in [0.15, 0.2) is 4.52 Å². The van der Waals surface area contributed by atoms with Crippen LogP contribution in [0.25, 0.3) is 0 Å². The molecular formula is C14H23N3O. The molecule has 1 aliphatic carbocycles. The monoisotopic (exact) mass is 249 g/mol. The molecule has 1 aliphatic heterocycles. The van der Waals surface area contributed by atoms with E-state index in [1.165, 1.54) is 44.9 Å². The van der Waals surface area contributed by atoms with Gasteiger partial charge >= 0.3 is 0 Å². The first-order valence-electron chi connectivity index (χ1n) is 7.47. The number of hydrogen-bond donors (Lipinski definition) is 1. The van der Waals surface area contributed by atoms with Gasteiger partial charge in [0.1, 0.15) is 0 Å². The van der Waals surface area contributed by atoms with Gasteiger partial charge in [-0.2, -0.15) is 4.98 Å². The van der Waals surface area contributed by atoms with Crippen molar-refractivity contribution in [3.63, 3.8) is 0 Å². The first-order chi connectivity index (χ1) is 8.93. The average molecular weight is 249 g/mol. The molecule has 100 valence electrons. The zero-order chi connectivity index (χ0) is 12.2. The lowest BCUT2D eigenvalue weighted by Crippen LogP contribution is -2.08. The maximum atomic E-state index is 5.47. The lowest BCUT2D eigenvalue weighted by Gasteiger charge is -2.15. The maximum Gasteiger partial charge on any atom is 0.231 e. The summed E-state index contributed by atoms with van der Waals surface area (Å²) < 4.78 is 5.47.